The monoisotopic (exact) mass is 320 g/mol. The first kappa shape index (κ1) is 17.6. The number of aliphatic carboxylic acids is 1. The molecule has 0 aliphatic rings. The molecule has 10 heteroatoms. The van der Waals surface area contributed by atoms with Crippen molar-refractivity contribution in [2.24, 2.45) is 0 Å². The normalized spacial score (nSPS) is 12.0. The van der Waals surface area contributed by atoms with Gasteiger partial charge in [-0.1, -0.05) is 0 Å². The smallest absolute Gasteiger partial charge is 0.325 e. The van der Waals surface area contributed by atoms with Crippen molar-refractivity contribution in [3.63, 3.8) is 0 Å². The van der Waals surface area contributed by atoms with Crippen LogP contribution in [0, 0.1) is 0 Å². The van der Waals surface area contributed by atoms with Crippen LogP contribution in [0.2, 0.25) is 0 Å². The first-order valence-corrected chi connectivity index (χ1v) is 7.75. The standard InChI is InChI=1S/C11H20N4O5S/c1-14(5-6-20-2)4-3-13-21(18,19)10-7-12-15(8-10)9-11(16)17/h7-8,13H,3-6,9H2,1-2H3,(H,16,17). The average Bonchev–Trinajstić information content (AvgIpc) is 2.84. The highest BCUT2D eigenvalue weighted by atomic mass is 32.2. The van der Waals surface area contributed by atoms with E-state index in [0.717, 1.165) is 10.9 Å². The molecule has 0 bridgehead atoms. The summed E-state index contributed by atoms with van der Waals surface area (Å²) in [5.41, 5.74) is 0. The third-order valence-corrected chi connectivity index (χ3v) is 4.10. The molecule has 1 aromatic rings. The van der Waals surface area contributed by atoms with Crippen LogP contribution in [0.1, 0.15) is 0 Å². The van der Waals surface area contributed by atoms with Gasteiger partial charge in [0.05, 0.1) is 12.8 Å². The SMILES string of the molecule is COCCN(C)CCNS(=O)(=O)c1cnn(CC(=O)O)c1. The number of sulfonamides is 1. The number of likely N-dealkylation sites (N-methyl/N-ethyl adjacent to an activating group) is 1. The van der Waals surface area contributed by atoms with Crippen LogP contribution in [-0.2, 0) is 26.1 Å². The Labute approximate surface area is 123 Å². The summed E-state index contributed by atoms with van der Waals surface area (Å²) in [6, 6.07) is 0. The van der Waals surface area contributed by atoms with Gasteiger partial charge in [0.1, 0.15) is 11.4 Å². The number of methoxy groups -OCH3 is 1. The van der Waals surface area contributed by atoms with Crippen LogP contribution in [0.5, 0.6) is 0 Å². The number of rotatable bonds is 10. The Balaban J connectivity index is 2.49. The Morgan fingerprint density at radius 1 is 1.52 bits per heavy atom. The number of hydrogen-bond donors (Lipinski definition) is 2. The predicted molar refractivity (Wildman–Crippen MR) is 74.4 cm³/mol. The molecule has 0 unspecified atom stereocenters. The second-order valence-electron chi connectivity index (χ2n) is 4.46. The van der Waals surface area contributed by atoms with Crippen molar-refractivity contribution in [1.29, 1.82) is 0 Å². The number of ether oxygens (including phenoxy) is 1. The average molecular weight is 320 g/mol. The van der Waals surface area contributed by atoms with E-state index in [1.54, 1.807) is 7.11 Å². The maximum atomic E-state index is 12.0. The zero-order valence-corrected chi connectivity index (χ0v) is 12.8. The molecule has 0 amide bonds. The van der Waals surface area contributed by atoms with Crippen molar-refractivity contribution >= 4 is 16.0 Å². The highest BCUT2D eigenvalue weighted by molar-refractivity contribution is 7.89. The van der Waals surface area contributed by atoms with E-state index < -0.39 is 16.0 Å². The lowest BCUT2D eigenvalue weighted by Gasteiger charge is -2.15. The molecule has 0 aliphatic heterocycles. The largest absolute Gasteiger partial charge is 0.480 e. The lowest BCUT2D eigenvalue weighted by molar-refractivity contribution is -0.137. The summed E-state index contributed by atoms with van der Waals surface area (Å²) >= 11 is 0. The maximum Gasteiger partial charge on any atom is 0.325 e. The molecule has 0 fully saturated rings. The quantitative estimate of drug-likeness (QED) is 0.558. The Hall–Kier alpha value is -1.49. The van der Waals surface area contributed by atoms with Gasteiger partial charge in [-0.15, -0.1) is 0 Å². The third-order valence-electron chi connectivity index (χ3n) is 2.68. The van der Waals surface area contributed by atoms with Crippen molar-refractivity contribution < 1.29 is 23.1 Å². The molecule has 2 N–H and O–H groups in total. The van der Waals surface area contributed by atoms with Crippen LogP contribution in [0.15, 0.2) is 17.3 Å². The van der Waals surface area contributed by atoms with Crippen LogP contribution in [-0.4, -0.2) is 74.6 Å². The van der Waals surface area contributed by atoms with Gasteiger partial charge in [-0.05, 0) is 7.05 Å². The predicted octanol–water partition coefficient (Wildman–Crippen LogP) is -1.18. The molecule has 1 heterocycles. The van der Waals surface area contributed by atoms with E-state index in [0.29, 0.717) is 19.7 Å². The molecule has 1 aromatic heterocycles. The third kappa shape index (κ3) is 6.21. The van der Waals surface area contributed by atoms with Gasteiger partial charge in [0.25, 0.3) is 0 Å². The summed E-state index contributed by atoms with van der Waals surface area (Å²) in [6.45, 7) is 1.67. The van der Waals surface area contributed by atoms with Gasteiger partial charge in [0, 0.05) is 32.9 Å². The maximum absolute atomic E-state index is 12.0. The van der Waals surface area contributed by atoms with E-state index >= 15 is 0 Å². The van der Waals surface area contributed by atoms with Gasteiger partial charge in [-0.2, -0.15) is 5.10 Å². The molecule has 1 rings (SSSR count). The summed E-state index contributed by atoms with van der Waals surface area (Å²) in [7, 11) is -0.214. The number of hydrogen-bond acceptors (Lipinski definition) is 6. The molecule has 0 saturated heterocycles. The number of carboxylic acids is 1. The second-order valence-corrected chi connectivity index (χ2v) is 6.23. The zero-order chi connectivity index (χ0) is 15.9. The molecule has 0 aromatic carbocycles. The molecule has 0 saturated carbocycles. The highest BCUT2D eigenvalue weighted by Gasteiger charge is 2.16. The first-order chi connectivity index (χ1) is 9.85. The summed E-state index contributed by atoms with van der Waals surface area (Å²) in [5, 5.41) is 12.3. The van der Waals surface area contributed by atoms with Crippen LogP contribution in [0.3, 0.4) is 0 Å². The molecular weight excluding hydrogens is 300 g/mol. The number of carboxylic acid groups (broad SMARTS) is 1. The van der Waals surface area contributed by atoms with Gasteiger partial charge in [-0.3, -0.25) is 9.48 Å². The highest BCUT2D eigenvalue weighted by Crippen LogP contribution is 2.06. The van der Waals surface area contributed by atoms with Gasteiger partial charge >= 0.3 is 5.97 Å². The van der Waals surface area contributed by atoms with E-state index in [2.05, 4.69) is 9.82 Å². The minimum Gasteiger partial charge on any atom is -0.480 e. The summed E-state index contributed by atoms with van der Waals surface area (Å²) in [6.07, 6.45) is 2.31. The molecule has 0 aliphatic carbocycles. The first-order valence-electron chi connectivity index (χ1n) is 6.26. The molecule has 120 valence electrons. The van der Waals surface area contributed by atoms with Gasteiger partial charge in [0.15, 0.2) is 0 Å². The molecule has 0 spiro atoms. The topological polar surface area (TPSA) is 114 Å². The Morgan fingerprint density at radius 3 is 2.86 bits per heavy atom. The van der Waals surface area contributed by atoms with E-state index in [4.69, 9.17) is 9.84 Å². The van der Waals surface area contributed by atoms with Crippen molar-refractivity contribution in [1.82, 2.24) is 19.4 Å². The molecule has 9 nitrogen and oxygen atoms in total. The number of carbonyl (C=O) groups is 1. The molecule has 0 radical (unpaired) electrons. The minimum absolute atomic E-state index is 0.0525. The summed E-state index contributed by atoms with van der Waals surface area (Å²) in [4.78, 5) is 12.4. The Kier molecular flexibility index (Phi) is 6.75. The van der Waals surface area contributed by atoms with Crippen LogP contribution in [0.25, 0.3) is 0 Å². The lowest BCUT2D eigenvalue weighted by Crippen LogP contribution is -2.34. The zero-order valence-electron chi connectivity index (χ0n) is 12.0. The van der Waals surface area contributed by atoms with Crippen molar-refractivity contribution in [2.75, 3.05) is 40.4 Å². The van der Waals surface area contributed by atoms with Gasteiger partial charge in [0.2, 0.25) is 10.0 Å². The molecular formula is C11H20N4O5S. The fraction of sp³-hybridized carbons (Fsp3) is 0.636. The fourth-order valence-electron chi connectivity index (χ4n) is 1.52. The van der Waals surface area contributed by atoms with E-state index in [9.17, 15) is 13.2 Å². The summed E-state index contributed by atoms with van der Waals surface area (Å²) < 4.78 is 32.4. The minimum atomic E-state index is -3.68. The van der Waals surface area contributed by atoms with E-state index in [-0.39, 0.29) is 18.0 Å². The molecule has 0 atom stereocenters. The molecule has 21 heavy (non-hydrogen) atoms. The van der Waals surface area contributed by atoms with Gasteiger partial charge in [-0.25, -0.2) is 13.1 Å². The number of nitrogens with zero attached hydrogens (tertiary/aromatic N) is 3. The van der Waals surface area contributed by atoms with Crippen molar-refractivity contribution in [3.8, 4) is 0 Å². The lowest BCUT2D eigenvalue weighted by atomic mass is 10.5. The van der Waals surface area contributed by atoms with Crippen molar-refractivity contribution in [2.45, 2.75) is 11.4 Å². The van der Waals surface area contributed by atoms with E-state index in [1.165, 1.54) is 6.20 Å². The van der Waals surface area contributed by atoms with Crippen molar-refractivity contribution in [3.05, 3.63) is 12.4 Å². The van der Waals surface area contributed by atoms with E-state index in [1.807, 2.05) is 11.9 Å². The van der Waals surface area contributed by atoms with Crippen LogP contribution >= 0.6 is 0 Å². The van der Waals surface area contributed by atoms with Gasteiger partial charge < -0.3 is 14.7 Å². The summed E-state index contributed by atoms with van der Waals surface area (Å²) in [5.74, 6) is -1.09. The van der Waals surface area contributed by atoms with Crippen LogP contribution < -0.4 is 4.72 Å². The Morgan fingerprint density at radius 2 is 2.24 bits per heavy atom. The van der Waals surface area contributed by atoms with Crippen LogP contribution in [0.4, 0.5) is 0 Å². The number of aromatic nitrogens is 2. The fourth-order valence-corrected chi connectivity index (χ4v) is 2.49. The Bertz CT molecular complexity index is 557. The number of nitrogens with one attached hydrogen (secondary N) is 1. The second kappa shape index (κ2) is 8.08.